The van der Waals surface area contributed by atoms with Crippen LogP contribution in [0.2, 0.25) is 0 Å². The van der Waals surface area contributed by atoms with Crippen LogP contribution in [0.15, 0.2) is 65.7 Å². The van der Waals surface area contributed by atoms with Crippen LogP contribution in [-0.2, 0) is 11.2 Å². The Hall–Kier alpha value is -3.26. The highest BCUT2D eigenvalue weighted by Gasteiger charge is 2.53. The first-order valence-electron chi connectivity index (χ1n) is 10.5. The molecule has 2 aromatic carbocycles. The first kappa shape index (κ1) is 22.0. The molecule has 7 nitrogen and oxygen atoms in total. The molecular weight excluding hydrogens is 424 g/mol. The molecule has 32 heavy (non-hydrogen) atoms. The van der Waals surface area contributed by atoms with E-state index in [1.807, 2.05) is 41.0 Å². The molecule has 0 aliphatic carbocycles. The number of Topliss-reactive ketones (excluding diaryl/α,β-unsaturated/α-hetero) is 1. The maximum absolute atomic E-state index is 13.0. The first-order chi connectivity index (χ1) is 15.5. The van der Waals surface area contributed by atoms with Gasteiger partial charge in [0.2, 0.25) is 0 Å². The highest BCUT2D eigenvalue weighted by Crippen LogP contribution is 2.24. The molecule has 0 aromatic heterocycles. The van der Waals surface area contributed by atoms with Gasteiger partial charge in [0, 0.05) is 19.7 Å². The molecule has 4 rings (SSSR count). The monoisotopic (exact) mass is 449 g/mol. The van der Waals surface area contributed by atoms with Gasteiger partial charge in [-0.25, -0.2) is 9.37 Å². The predicted molar refractivity (Wildman–Crippen MR) is 125 cm³/mol. The third-order valence-corrected chi connectivity index (χ3v) is 6.62. The molecule has 2 aliphatic heterocycles. The van der Waals surface area contributed by atoms with Crippen molar-refractivity contribution in [2.45, 2.75) is 18.9 Å². The van der Waals surface area contributed by atoms with Crippen LogP contribution >= 0.6 is 11.8 Å². The van der Waals surface area contributed by atoms with Crippen LogP contribution in [0.25, 0.3) is 0 Å². The lowest BCUT2D eigenvalue weighted by Crippen LogP contribution is -2.61. The van der Waals surface area contributed by atoms with E-state index in [9.17, 15) is 14.4 Å². The van der Waals surface area contributed by atoms with Crippen LogP contribution in [-0.4, -0.2) is 75.5 Å². The van der Waals surface area contributed by atoms with E-state index in [1.165, 1.54) is 29.3 Å². The molecule has 0 spiro atoms. The fourth-order valence-electron chi connectivity index (χ4n) is 3.85. The van der Waals surface area contributed by atoms with Gasteiger partial charge in [-0.1, -0.05) is 60.7 Å². The van der Waals surface area contributed by atoms with Crippen molar-refractivity contribution in [3.05, 3.63) is 71.8 Å². The van der Waals surface area contributed by atoms with Crippen molar-refractivity contribution < 1.29 is 19.0 Å². The van der Waals surface area contributed by atoms with Crippen LogP contribution in [0.3, 0.4) is 0 Å². The Kier molecular flexibility index (Phi) is 6.50. The molecule has 1 unspecified atom stereocenters. The van der Waals surface area contributed by atoms with E-state index in [4.69, 9.17) is 0 Å². The number of rotatable bonds is 7. The Morgan fingerprint density at radius 2 is 1.66 bits per heavy atom. The summed E-state index contributed by atoms with van der Waals surface area (Å²) in [6, 6.07) is 18.2. The lowest BCUT2D eigenvalue weighted by Gasteiger charge is -2.30. The fourth-order valence-corrected chi connectivity index (χ4v) is 4.80. The zero-order valence-electron chi connectivity index (χ0n) is 18.1. The second kappa shape index (κ2) is 9.48. The van der Waals surface area contributed by atoms with E-state index >= 15 is 0 Å². The lowest BCUT2D eigenvalue weighted by molar-refractivity contribution is -0.533. The van der Waals surface area contributed by atoms with Crippen LogP contribution in [0.1, 0.15) is 22.3 Å². The summed E-state index contributed by atoms with van der Waals surface area (Å²) in [5, 5.41) is 0.602. The standard InChI is InChI=1S/C24H25N4O3S/c1-26-21-20(22(30)27(2)24(26)31)28(15-9-12-17-10-5-3-6-11-17)23(25-21)32-16-19(29)18-13-7-4-8-14-18/h3-8,10-11,13-14,20H,9,12,15-16H2,1-2H3/q+1. The number of amidine groups is 2. The van der Waals surface area contributed by atoms with E-state index < -0.39 is 12.1 Å². The van der Waals surface area contributed by atoms with Crippen molar-refractivity contribution in [2.24, 2.45) is 4.99 Å². The summed E-state index contributed by atoms with van der Waals surface area (Å²) in [4.78, 5) is 45.2. The molecular formula is C24H25N4O3S+. The maximum atomic E-state index is 13.0. The number of fused-ring (bicyclic) bond motifs is 1. The van der Waals surface area contributed by atoms with Gasteiger partial charge in [-0.15, -0.1) is 0 Å². The topological polar surface area (TPSA) is 73.1 Å². The number of ketones is 1. The van der Waals surface area contributed by atoms with Crippen LogP contribution in [0.5, 0.6) is 0 Å². The molecule has 0 bridgehead atoms. The number of carbonyl (C=O) groups is 3. The summed E-state index contributed by atoms with van der Waals surface area (Å²) in [6.45, 7) is 0.593. The molecule has 0 saturated carbocycles. The quantitative estimate of drug-likeness (QED) is 0.481. The van der Waals surface area contributed by atoms with Crippen LogP contribution in [0, 0.1) is 0 Å². The second-order valence-corrected chi connectivity index (χ2v) is 8.70. The number of thioether (sulfide) groups is 1. The lowest BCUT2D eigenvalue weighted by atomic mass is 10.1. The average molecular weight is 450 g/mol. The highest BCUT2D eigenvalue weighted by atomic mass is 32.2. The fraction of sp³-hybridized carbons (Fsp3) is 0.292. The zero-order valence-corrected chi connectivity index (χ0v) is 18.9. The summed E-state index contributed by atoms with van der Waals surface area (Å²) in [5.74, 6) is 0.332. The Labute approximate surface area is 191 Å². The molecule has 8 heteroatoms. The molecule has 1 atom stereocenters. The van der Waals surface area contributed by atoms with Gasteiger partial charge in [0.15, 0.2) is 5.78 Å². The summed E-state index contributed by atoms with van der Waals surface area (Å²) in [5.41, 5.74) is 1.86. The van der Waals surface area contributed by atoms with Gasteiger partial charge in [0.05, 0.1) is 12.3 Å². The molecule has 2 aliphatic rings. The highest BCUT2D eigenvalue weighted by molar-refractivity contribution is 8.14. The van der Waals surface area contributed by atoms with Crippen molar-refractivity contribution >= 4 is 40.5 Å². The molecule has 164 valence electrons. The Bertz CT molecular complexity index is 1100. The Balaban J connectivity index is 1.55. The number of carbonyl (C=O) groups excluding carboxylic acids is 3. The van der Waals surface area contributed by atoms with Gasteiger partial charge in [0.25, 0.3) is 17.8 Å². The van der Waals surface area contributed by atoms with Crippen LogP contribution < -0.4 is 0 Å². The number of benzene rings is 2. The van der Waals surface area contributed by atoms with Gasteiger partial charge < -0.3 is 0 Å². The number of hydrogen-bond donors (Lipinski definition) is 0. The molecule has 1 saturated heterocycles. The largest absolute Gasteiger partial charge is 0.358 e. The van der Waals surface area contributed by atoms with Crippen LogP contribution in [0.4, 0.5) is 4.79 Å². The molecule has 2 aromatic rings. The number of aryl methyl sites for hydroxylation is 1. The minimum atomic E-state index is -0.646. The van der Waals surface area contributed by atoms with Crippen molar-refractivity contribution in [3.8, 4) is 0 Å². The van der Waals surface area contributed by atoms with Crippen molar-refractivity contribution in [1.29, 1.82) is 0 Å². The van der Waals surface area contributed by atoms with Gasteiger partial charge in [-0.2, -0.15) is 0 Å². The zero-order chi connectivity index (χ0) is 22.7. The van der Waals surface area contributed by atoms with E-state index in [0.717, 1.165) is 17.7 Å². The first-order valence-corrected chi connectivity index (χ1v) is 11.5. The third kappa shape index (κ3) is 4.36. The van der Waals surface area contributed by atoms with Crippen molar-refractivity contribution in [2.75, 3.05) is 26.4 Å². The normalized spacial score (nSPS) is 18.2. The molecule has 1 fully saturated rings. The third-order valence-electron chi connectivity index (χ3n) is 5.63. The summed E-state index contributed by atoms with van der Waals surface area (Å²) < 4.78 is 1.93. The molecule has 3 amide bonds. The van der Waals surface area contributed by atoms with Gasteiger partial charge in [-0.05, 0) is 35.2 Å². The van der Waals surface area contributed by atoms with E-state index in [-0.39, 0.29) is 17.4 Å². The van der Waals surface area contributed by atoms with E-state index in [0.29, 0.717) is 23.1 Å². The predicted octanol–water partition coefficient (Wildman–Crippen LogP) is 2.91. The molecule has 0 radical (unpaired) electrons. The molecule has 2 heterocycles. The molecule has 0 N–H and O–H groups in total. The van der Waals surface area contributed by atoms with E-state index in [1.54, 1.807) is 19.2 Å². The maximum Gasteiger partial charge on any atom is 0.358 e. The number of imide groups is 1. The average Bonchev–Trinajstić information content (AvgIpc) is 3.19. The van der Waals surface area contributed by atoms with Crippen molar-refractivity contribution in [3.63, 3.8) is 0 Å². The number of nitrogens with zero attached hydrogens (tertiary/aromatic N) is 4. The summed E-state index contributed by atoms with van der Waals surface area (Å²) in [7, 11) is 3.12. The van der Waals surface area contributed by atoms with Gasteiger partial charge in [-0.3, -0.25) is 19.4 Å². The smallest absolute Gasteiger partial charge is 0.293 e. The van der Waals surface area contributed by atoms with Gasteiger partial charge in [0.1, 0.15) is 0 Å². The van der Waals surface area contributed by atoms with Crippen molar-refractivity contribution in [1.82, 2.24) is 9.80 Å². The number of urea groups is 1. The Morgan fingerprint density at radius 1 is 1.00 bits per heavy atom. The SMILES string of the molecule is CN1C(=O)C2C(=NC(SCC(=O)c3ccccc3)=[N+]2CCCc2ccccc2)N(C)C1=O. The summed E-state index contributed by atoms with van der Waals surface area (Å²) >= 11 is 1.31. The summed E-state index contributed by atoms with van der Waals surface area (Å²) in [6.07, 6.45) is 1.67. The number of aliphatic imine (C=N–C) groups is 1. The number of amides is 3. The van der Waals surface area contributed by atoms with E-state index in [2.05, 4.69) is 17.1 Å². The minimum absolute atomic E-state index is 0.00437. The second-order valence-electron chi connectivity index (χ2n) is 7.75. The van der Waals surface area contributed by atoms with Gasteiger partial charge >= 0.3 is 11.2 Å². The minimum Gasteiger partial charge on any atom is -0.293 e. The number of hydrogen-bond acceptors (Lipinski definition) is 5. The number of likely N-dealkylation sites (N-methyl/N-ethyl adjacent to an activating group) is 2. The Morgan fingerprint density at radius 3 is 2.34 bits per heavy atom.